The quantitative estimate of drug-likeness (QED) is 0.594. The zero-order valence-corrected chi connectivity index (χ0v) is 14.6. The molecule has 0 atom stereocenters. The highest BCUT2D eigenvalue weighted by atomic mass is 15.0. The van der Waals surface area contributed by atoms with Gasteiger partial charge in [-0.15, -0.1) is 0 Å². The number of nitrogens with zero attached hydrogens (tertiary/aromatic N) is 4. The number of pyridine rings is 2. The second kappa shape index (κ2) is 6.61. The molecule has 0 amide bonds. The Labute approximate surface area is 158 Å². The van der Waals surface area contributed by atoms with Crippen LogP contribution < -0.4 is 5.32 Å². The molecule has 132 valence electrons. The van der Waals surface area contributed by atoms with E-state index in [0.29, 0.717) is 6.54 Å². The summed E-state index contributed by atoms with van der Waals surface area (Å²) in [6, 6.07) is 14.4. The van der Waals surface area contributed by atoms with Crippen LogP contribution in [0.3, 0.4) is 0 Å². The van der Waals surface area contributed by atoms with E-state index in [4.69, 9.17) is 0 Å². The maximum atomic E-state index is 4.48. The van der Waals surface area contributed by atoms with Crippen molar-refractivity contribution in [3.05, 3.63) is 95.8 Å². The molecule has 0 unspecified atom stereocenters. The number of benzene rings is 1. The number of nitrogens with one attached hydrogen (secondary N) is 1. The van der Waals surface area contributed by atoms with Crippen molar-refractivity contribution in [3.8, 4) is 0 Å². The number of rotatable bonds is 4. The molecule has 0 fully saturated rings. The second-order valence-corrected chi connectivity index (χ2v) is 6.49. The van der Waals surface area contributed by atoms with E-state index in [1.54, 1.807) is 12.5 Å². The van der Waals surface area contributed by atoms with Crippen molar-refractivity contribution in [2.24, 2.45) is 0 Å². The molecule has 5 rings (SSSR count). The standard InChI is InChI=1S/C22H17N5.H2/c1-3-15(12-23-9-1)13-25-22-19-11-16(5-7-21(19)26-14-27-22)17-6-8-20-18(17)4-2-10-24-20;/h1-7,9-12,14H,8,13H2,(H,25,26,27);1H. The summed E-state index contributed by atoms with van der Waals surface area (Å²) >= 11 is 0. The SMILES string of the molecule is C1=C(c2ccc3ncnc(NCc4cccnc4)c3c2)c2cccnc2C1.[HH]. The Bertz CT molecular complexity index is 1160. The molecule has 1 aliphatic carbocycles. The molecule has 1 aliphatic rings. The first-order chi connectivity index (χ1) is 13.4. The van der Waals surface area contributed by atoms with Crippen LogP contribution in [0.2, 0.25) is 0 Å². The van der Waals surface area contributed by atoms with Crippen molar-refractivity contribution in [3.63, 3.8) is 0 Å². The summed E-state index contributed by atoms with van der Waals surface area (Å²) in [5, 5.41) is 4.43. The molecule has 1 N–H and O–H groups in total. The largest absolute Gasteiger partial charge is 0.365 e. The fourth-order valence-corrected chi connectivity index (χ4v) is 3.48. The van der Waals surface area contributed by atoms with Gasteiger partial charge in [-0.1, -0.05) is 24.3 Å². The lowest BCUT2D eigenvalue weighted by Crippen LogP contribution is -2.03. The van der Waals surface area contributed by atoms with Crippen molar-refractivity contribution in [2.75, 3.05) is 5.32 Å². The van der Waals surface area contributed by atoms with Gasteiger partial charge in [0.15, 0.2) is 0 Å². The van der Waals surface area contributed by atoms with Gasteiger partial charge in [0.25, 0.3) is 0 Å². The Morgan fingerprint density at radius 2 is 1.96 bits per heavy atom. The summed E-state index contributed by atoms with van der Waals surface area (Å²) in [5.74, 6) is 0.829. The first kappa shape index (κ1) is 15.6. The molecule has 0 radical (unpaired) electrons. The fourth-order valence-electron chi connectivity index (χ4n) is 3.48. The monoisotopic (exact) mass is 353 g/mol. The predicted molar refractivity (Wildman–Crippen MR) is 108 cm³/mol. The van der Waals surface area contributed by atoms with Crippen molar-refractivity contribution in [1.29, 1.82) is 0 Å². The van der Waals surface area contributed by atoms with Crippen LogP contribution in [0, 0.1) is 0 Å². The van der Waals surface area contributed by atoms with E-state index in [1.807, 2.05) is 30.6 Å². The molecule has 3 aromatic heterocycles. The van der Waals surface area contributed by atoms with E-state index >= 15 is 0 Å². The zero-order valence-electron chi connectivity index (χ0n) is 14.6. The maximum absolute atomic E-state index is 4.48. The number of allylic oxidation sites excluding steroid dienone is 1. The highest BCUT2D eigenvalue weighted by Gasteiger charge is 2.17. The van der Waals surface area contributed by atoms with Gasteiger partial charge in [0.1, 0.15) is 12.1 Å². The minimum Gasteiger partial charge on any atom is -0.365 e. The Hall–Kier alpha value is -3.60. The van der Waals surface area contributed by atoms with Gasteiger partial charge in [-0.3, -0.25) is 9.97 Å². The summed E-state index contributed by atoms with van der Waals surface area (Å²) in [6.07, 6.45) is 10.2. The van der Waals surface area contributed by atoms with Crippen LogP contribution in [0.15, 0.2) is 73.5 Å². The maximum Gasteiger partial charge on any atom is 0.137 e. The minimum atomic E-state index is 0. The molecule has 0 saturated carbocycles. The third kappa shape index (κ3) is 2.93. The van der Waals surface area contributed by atoms with Crippen LogP contribution in [0.25, 0.3) is 16.5 Å². The van der Waals surface area contributed by atoms with E-state index in [0.717, 1.165) is 40.0 Å². The molecule has 0 bridgehead atoms. The van der Waals surface area contributed by atoms with Gasteiger partial charge in [-0.05, 0) is 41.0 Å². The zero-order chi connectivity index (χ0) is 18.1. The molecule has 27 heavy (non-hydrogen) atoms. The molecule has 1 aromatic carbocycles. The van der Waals surface area contributed by atoms with Crippen molar-refractivity contribution in [2.45, 2.75) is 13.0 Å². The smallest absolute Gasteiger partial charge is 0.137 e. The summed E-state index contributed by atoms with van der Waals surface area (Å²) in [5.41, 5.74) is 6.76. The summed E-state index contributed by atoms with van der Waals surface area (Å²) in [4.78, 5) is 17.5. The first-order valence-corrected chi connectivity index (χ1v) is 8.91. The van der Waals surface area contributed by atoms with Crippen molar-refractivity contribution < 1.29 is 1.43 Å². The van der Waals surface area contributed by atoms with Crippen LogP contribution in [0.1, 0.15) is 23.8 Å². The number of hydrogen-bond donors (Lipinski definition) is 1. The lowest BCUT2D eigenvalue weighted by Gasteiger charge is -2.11. The summed E-state index contributed by atoms with van der Waals surface area (Å²) in [6.45, 7) is 0.666. The van der Waals surface area contributed by atoms with Gasteiger partial charge in [0.05, 0.1) is 11.2 Å². The van der Waals surface area contributed by atoms with Crippen LogP contribution in [0.4, 0.5) is 5.82 Å². The second-order valence-electron chi connectivity index (χ2n) is 6.49. The van der Waals surface area contributed by atoms with E-state index in [9.17, 15) is 0 Å². The molecule has 0 aliphatic heterocycles. The van der Waals surface area contributed by atoms with Crippen LogP contribution >= 0.6 is 0 Å². The number of fused-ring (bicyclic) bond motifs is 2. The van der Waals surface area contributed by atoms with Crippen LogP contribution in [0.5, 0.6) is 0 Å². The Morgan fingerprint density at radius 1 is 1.00 bits per heavy atom. The average molecular weight is 353 g/mol. The molecule has 0 saturated heterocycles. The Kier molecular flexibility index (Phi) is 3.83. The summed E-state index contributed by atoms with van der Waals surface area (Å²) < 4.78 is 0. The minimum absolute atomic E-state index is 0. The van der Waals surface area contributed by atoms with Crippen molar-refractivity contribution in [1.82, 2.24) is 19.9 Å². The van der Waals surface area contributed by atoms with Gasteiger partial charge in [-0.2, -0.15) is 0 Å². The molecule has 0 spiro atoms. The third-order valence-electron chi connectivity index (χ3n) is 4.81. The van der Waals surface area contributed by atoms with Gasteiger partial charge in [-0.25, -0.2) is 9.97 Å². The van der Waals surface area contributed by atoms with Crippen molar-refractivity contribution >= 4 is 22.3 Å². The van der Waals surface area contributed by atoms with E-state index in [-0.39, 0.29) is 1.43 Å². The molecular weight excluding hydrogens is 334 g/mol. The number of hydrogen-bond acceptors (Lipinski definition) is 5. The third-order valence-corrected chi connectivity index (χ3v) is 4.81. The molecule has 4 aromatic rings. The lowest BCUT2D eigenvalue weighted by atomic mass is 9.99. The fraction of sp³-hybridized carbons (Fsp3) is 0.0909. The number of anilines is 1. The molecule has 5 heteroatoms. The molecule has 3 heterocycles. The van der Waals surface area contributed by atoms with Gasteiger partial charge in [0.2, 0.25) is 0 Å². The molecule has 5 nitrogen and oxygen atoms in total. The van der Waals surface area contributed by atoms with Gasteiger partial charge < -0.3 is 5.32 Å². The highest BCUT2D eigenvalue weighted by Crippen LogP contribution is 2.33. The normalized spacial score (nSPS) is 12.7. The first-order valence-electron chi connectivity index (χ1n) is 8.91. The van der Waals surface area contributed by atoms with Gasteiger partial charge >= 0.3 is 0 Å². The Balaban J connectivity index is 0.00000192. The highest BCUT2D eigenvalue weighted by molar-refractivity contribution is 5.94. The van der Waals surface area contributed by atoms with Crippen LogP contribution in [-0.4, -0.2) is 19.9 Å². The lowest BCUT2D eigenvalue weighted by molar-refractivity contribution is 1.08. The predicted octanol–water partition coefficient (Wildman–Crippen LogP) is 4.27. The van der Waals surface area contributed by atoms with Gasteiger partial charge in [0, 0.05) is 43.9 Å². The average Bonchev–Trinajstić information content (AvgIpc) is 3.17. The number of aromatic nitrogens is 4. The molecular formula is C22H19N5. The summed E-state index contributed by atoms with van der Waals surface area (Å²) in [7, 11) is 0. The van der Waals surface area contributed by atoms with Crippen LogP contribution in [-0.2, 0) is 13.0 Å². The van der Waals surface area contributed by atoms with E-state index < -0.39 is 0 Å². The van der Waals surface area contributed by atoms with E-state index in [1.165, 1.54) is 11.1 Å². The Morgan fingerprint density at radius 3 is 2.89 bits per heavy atom. The topological polar surface area (TPSA) is 63.6 Å². The van der Waals surface area contributed by atoms with E-state index in [2.05, 4.69) is 55.6 Å².